The Hall–Kier alpha value is -2.82. The molecule has 5 heteroatoms. The molecule has 1 N–H and O–H groups in total. The van der Waals surface area contributed by atoms with E-state index in [0.29, 0.717) is 18.8 Å². The van der Waals surface area contributed by atoms with Crippen LogP contribution in [0.2, 0.25) is 0 Å². The van der Waals surface area contributed by atoms with Crippen molar-refractivity contribution in [2.75, 3.05) is 13.2 Å². The average molecular weight is 383 g/mol. The molecular weight excluding hydrogens is 352 g/mol. The number of nitrogens with zero attached hydrogens (tertiary/aromatic N) is 1. The lowest BCUT2D eigenvalue weighted by atomic mass is 10.1. The maximum absolute atomic E-state index is 13.0. The van der Waals surface area contributed by atoms with E-state index in [9.17, 15) is 9.59 Å². The highest BCUT2D eigenvalue weighted by atomic mass is 16.5. The molecular formula is C23H30N2O3. The number of nitrogens with one attached hydrogen (secondary N) is 1. The lowest BCUT2D eigenvalue weighted by Gasteiger charge is -2.29. The fourth-order valence-electron chi connectivity index (χ4n) is 3.06. The Kier molecular flexibility index (Phi) is 7.61. The molecule has 2 aromatic carbocycles. The summed E-state index contributed by atoms with van der Waals surface area (Å²) in [6.07, 6.45) is 0. The number of carbonyl (C=O) groups is 2. The van der Waals surface area contributed by atoms with Crippen molar-refractivity contribution in [3.05, 3.63) is 64.7 Å². The van der Waals surface area contributed by atoms with Gasteiger partial charge in [-0.15, -0.1) is 0 Å². The molecule has 0 aromatic heterocycles. The SMILES string of the molecule is CCNC(=O)[C@H](C)N(Cc1ccccc1C)C(=O)COc1ccc(C)cc1C. The number of ether oxygens (including phenoxy) is 1. The second kappa shape index (κ2) is 9.93. The minimum Gasteiger partial charge on any atom is -0.483 e. The van der Waals surface area contributed by atoms with Crippen LogP contribution in [0.1, 0.15) is 36.1 Å². The number of rotatable bonds is 8. The molecule has 0 unspecified atom stereocenters. The second-order valence-electron chi connectivity index (χ2n) is 7.08. The summed E-state index contributed by atoms with van der Waals surface area (Å²) < 4.78 is 5.77. The van der Waals surface area contributed by atoms with E-state index >= 15 is 0 Å². The van der Waals surface area contributed by atoms with Crippen molar-refractivity contribution in [3.8, 4) is 5.75 Å². The van der Waals surface area contributed by atoms with Gasteiger partial charge in [0.2, 0.25) is 5.91 Å². The van der Waals surface area contributed by atoms with Crippen LogP contribution in [0.5, 0.6) is 5.75 Å². The smallest absolute Gasteiger partial charge is 0.261 e. The molecule has 0 radical (unpaired) electrons. The first-order valence-corrected chi connectivity index (χ1v) is 9.65. The van der Waals surface area contributed by atoms with Gasteiger partial charge in [-0.05, 0) is 57.4 Å². The first-order chi connectivity index (χ1) is 13.3. The van der Waals surface area contributed by atoms with Crippen LogP contribution in [0.15, 0.2) is 42.5 Å². The number of likely N-dealkylation sites (N-methyl/N-ethyl adjacent to an activating group) is 1. The fourth-order valence-corrected chi connectivity index (χ4v) is 3.06. The van der Waals surface area contributed by atoms with Gasteiger partial charge in [0.25, 0.3) is 5.91 Å². The minimum absolute atomic E-state index is 0.112. The van der Waals surface area contributed by atoms with Gasteiger partial charge in [-0.25, -0.2) is 0 Å². The van der Waals surface area contributed by atoms with Gasteiger partial charge in [-0.2, -0.15) is 0 Å². The van der Waals surface area contributed by atoms with E-state index in [1.54, 1.807) is 11.8 Å². The highest BCUT2D eigenvalue weighted by molar-refractivity contribution is 5.88. The van der Waals surface area contributed by atoms with Crippen LogP contribution in [0.25, 0.3) is 0 Å². The van der Waals surface area contributed by atoms with Gasteiger partial charge in [0, 0.05) is 13.1 Å². The molecule has 0 heterocycles. The molecule has 0 spiro atoms. The maximum Gasteiger partial charge on any atom is 0.261 e. The van der Waals surface area contributed by atoms with E-state index in [1.165, 1.54) is 0 Å². The highest BCUT2D eigenvalue weighted by Gasteiger charge is 2.26. The van der Waals surface area contributed by atoms with Crippen molar-refractivity contribution >= 4 is 11.8 Å². The first kappa shape index (κ1) is 21.5. The Morgan fingerprint density at radius 3 is 2.43 bits per heavy atom. The summed E-state index contributed by atoms with van der Waals surface area (Å²) in [5.74, 6) is 0.290. The summed E-state index contributed by atoms with van der Waals surface area (Å²) in [7, 11) is 0. The predicted octanol–water partition coefficient (Wildman–Crippen LogP) is 3.54. The number of aryl methyl sites for hydroxylation is 3. The standard InChI is InChI=1S/C23H30N2O3/c1-6-24-23(27)19(5)25(14-20-10-8-7-9-17(20)3)22(26)15-28-21-12-11-16(2)13-18(21)4/h7-13,19H,6,14-15H2,1-5H3,(H,24,27)/t19-/m0/s1. The van der Waals surface area contributed by atoms with Crippen molar-refractivity contribution in [3.63, 3.8) is 0 Å². The molecule has 0 aliphatic carbocycles. The van der Waals surface area contributed by atoms with E-state index in [4.69, 9.17) is 4.74 Å². The Labute approximate surface area is 167 Å². The lowest BCUT2D eigenvalue weighted by Crippen LogP contribution is -2.49. The molecule has 0 aliphatic rings. The zero-order valence-electron chi connectivity index (χ0n) is 17.4. The van der Waals surface area contributed by atoms with Gasteiger partial charge in [0.15, 0.2) is 6.61 Å². The van der Waals surface area contributed by atoms with Crippen LogP contribution in [0.3, 0.4) is 0 Å². The Morgan fingerprint density at radius 1 is 1.07 bits per heavy atom. The van der Waals surface area contributed by atoms with Crippen molar-refractivity contribution in [1.29, 1.82) is 0 Å². The number of carbonyl (C=O) groups excluding carboxylic acids is 2. The van der Waals surface area contributed by atoms with Crippen LogP contribution in [-0.2, 0) is 16.1 Å². The number of hydrogen-bond donors (Lipinski definition) is 1. The van der Waals surface area contributed by atoms with Gasteiger partial charge in [0.05, 0.1) is 0 Å². The highest BCUT2D eigenvalue weighted by Crippen LogP contribution is 2.19. The molecule has 0 saturated carbocycles. The Bertz CT molecular complexity index is 832. The van der Waals surface area contributed by atoms with Gasteiger partial charge in [-0.1, -0.05) is 42.0 Å². The average Bonchev–Trinajstić information content (AvgIpc) is 2.66. The first-order valence-electron chi connectivity index (χ1n) is 9.65. The number of amides is 2. The summed E-state index contributed by atoms with van der Waals surface area (Å²) in [4.78, 5) is 26.9. The van der Waals surface area contributed by atoms with Crippen LogP contribution in [-0.4, -0.2) is 35.9 Å². The van der Waals surface area contributed by atoms with Crippen molar-refractivity contribution in [2.45, 2.75) is 47.2 Å². The van der Waals surface area contributed by atoms with Crippen LogP contribution >= 0.6 is 0 Å². The van der Waals surface area contributed by atoms with E-state index in [0.717, 1.165) is 22.3 Å². The van der Waals surface area contributed by atoms with Crippen molar-refractivity contribution in [2.24, 2.45) is 0 Å². The second-order valence-corrected chi connectivity index (χ2v) is 7.08. The number of benzene rings is 2. The normalized spacial score (nSPS) is 11.6. The van der Waals surface area contributed by atoms with E-state index in [-0.39, 0.29) is 18.4 Å². The van der Waals surface area contributed by atoms with Crippen LogP contribution in [0, 0.1) is 20.8 Å². The summed E-state index contributed by atoms with van der Waals surface area (Å²) in [5.41, 5.74) is 4.22. The van der Waals surface area contributed by atoms with Crippen LogP contribution < -0.4 is 10.1 Å². The zero-order chi connectivity index (χ0) is 20.7. The predicted molar refractivity (Wildman–Crippen MR) is 111 cm³/mol. The number of hydrogen-bond acceptors (Lipinski definition) is 3. The molecule has 2 rings (SSSR count). The summed E-state index contributed by atoms with van der Waals surface area (Å²) in [6.45, 7) is 10.4. The fraction of sp³-hybridized carbons (Fsp3) is 0.391. The van der Waals surface area contributed by atoms with Crippen molar-refractivity contribution < 1.29 is 14.3 Å². The molecule has 0 fully saturated rings. The molecule has 1 atom stereocenters. The van der Waals surface area contributed by atoms with Gasteiger partial charge in [0.1, 0.15) is 11.8 Å². The summed E-state index contributed by atoms with van der Waals surface area (Å²) in [6, 6.07) is 13.1. The van der Waals surface area contributed by atoms with E-state index < -0.39 is 6.04 Å². The van der Waals surface area contributed by atoms with E-state index in [2.05, 4.69) is 5.32 Å². The summed E-state index contributed by atoms with van der Waals surface area (Å²) in [5, 5.41) is 2.80. The topological polar surface area (TPSA) is 58.6 Å². The molecule has 5 nitrogen and oxygen atoms in total. The summed E-state index contributed by atoms with van der Waals surface area (Å²) >= 11 is 0. The zero-order valence-corrected chi connectivity index (χ0v) is 17.4. The van der Waals surface area contributed by atoms with Crippen LogP contribution in [0.4, 0.5) is 0 Å². The van der Waals surface area contributed by atoms with Gasteiger partial charge < -0.3 is 15.0 Å². The van der Waals surface area contributed by atoms with E-state index in [1.807, 2.05) is 70.2 Å². The third kappa shape index (κ3) is 5.59. The monoisotopic (exact) mass is 382 g/mol. The Balaban J connectivity index is 2.18. The molecule has 0 bridgehead atoms. The molecule has 0 aliphatic heterocycles. The lowest BCUT2D eigenvalue weighted by molar-refractivity contribution is -0.142. The third-order valence-electron chi connectivity index (χ3n) is 4.80. The molecule has 2 amide bonds. The maximum atomic E-state index is 13.0. The Morgan fingerprint density at radius 2 is 1.79 bits per heavy atom. The third-order valence-corrected chi connectivity index (χ3v) is 4.80. The molecule has 28 heavy (non-hydrogen) atoms. The van der Waals surface area contributed by atoms with Crippen molar-refractivity contribution in [1.82, 2.24) is 10.2 Å². The molecule has 0 saturated heterocycles. The quantitative estimate of drug-likeness (QED) is 0.760. The molecule has 2 aromatic rings. The van der Waals surface area contributed by atoms with Gasteiger partial charge in [-0.3, -0.25) is 9.59 Å². The molecule has 150 valence electrons. The largest absolute Gasteiger partial charge is 0.483 e. The minimum atomic E-state index is -0.588. The van der Waals surface area contributed by atoms with Gasteiger partial charge >= 0.3 is 0 Å².